The zero-order valence-electron chi connectivity index (χ0n) is 10.3. The molecule has 0 spiro atoms. The van der Waals surface area contributed by atoms with E-state index in [1.807, 2.05) is 0 Å². The molecule has 0 aliphatic heterocycles. The first-order chi connectivity index (χ1) is 7.53. The molecule has 0 aliphatic carbocycles. The Morgan fingerprint density at radius 3 is 1.69 bits per heavy atom. The second kappa shape index (κ2) is 8.02. The van der Waals surface area contributed by atoms with E-state index in [-0.39, 0.29) is 29.8 Å². The number of hydrogen-bond acceptors (Lipinski definition) is 3. The van der Waals surface area contributed by atoms with Gasteiger partial charge in [-0.05, 0) is 5.92 Å². The van der Waals surface area contributed by atoms with Crippen molar-refractivity contribution in [1.82, 2.24) is 5.32 Å². The molecule has 4 nitrogen and oxygen atoms in total. The van der Waals surface area contributed by atoms with Crippen molar-refractivity contribution in [3.63, 3.8) is 0 Å². The first kappa shape index (κ1) is 14.8. The van der Waals surface area contributed by atoms with Crippen molar-refractivity contribution in [3.8, 4) is 0 Å². The summed E-state index contributed by atoms with van der Waals surface area (Å²) in [6.07, 6.45) is 1.84. The Morgan fingerprint density at radius 2 is 1.38 bits per heavy atom. The first-order valence-corrected chi connectivity index (χ1v) is 5.77. The number of amides is 1. The van der Waals surface area contributed by atoms with Gasteiger partial charge < -0.3 is 5.32 Å². The third kappa shape index (κ3) is 6.32. The van der Waals surface area contributed by atoms with Gasteiger partial charge in [-0.3, -0.25) is 14.4 Å². The number of Topliss-reactive ketones (excluding diaryl/α,β-unsaturated/α-hetero) is 2. The Bertz CT molecular complexity index is 218. The van der Waals surface area contributed by atoms with E-state index >= 15 is 0 Å². The molecule has 0 aromatic rings. The van der Waals surface area contributed by atoms with Crippen molar-refractivity contribution in [2.45, 2.75) is 46.0 Å². The fraction of sp³-hybridized carbons (Fsp3) is 0.750. The van der Waals surface area contributed by atoms with Crippen LogP contribution in [-0.4, -0.2) is 24.5 Å². The van der Waals surface area contributed by atoms with Gasteiger partial charge in [0.25, 0.3) is 0 Å². The van der Waals surface area contributed by atoms with Crippen LogP contribution < -0.4 is 5.32 Å². The zero-order chi connectivity index (χ0) is 12.6. The molecule has 0 aromatic carbocycles. The van der Waals surface area contributed by atoms with E-state index in [1.54, 1.807) is 20.9 Å². The highest BCUT2D eigenvalue weighted by atomic mass is 16.1. The number of ketones is 2. The third-order valence-electron chi connectivity index (χ3n) is 2.57. The highest BCUT2D eigenvalue weighted by Gasteiger charge is 2.18. The summed E-state index contributed by atoms with van der Waals surface area (Å²) in [6, 6.07) is 0. The van der Waals surface area contributed by atoms with Gasteiger partial charge in [0.1, 0.15) is 11.6 Å². The predicted molar refractivity (Wildman–Crippen MR) is 62.0 cm³/mol. The largest absolute Gasteiger partial charge is 0.359 e. The molecule has 0 bridgehead atoms. The topological polar surface area (TPSA) is 63.2 Å². The van der Waals surface area contributed by atoms with E-state index in [4.69, 9.17) is 0 Å². The fourth-order valence-electron chi connectivity index (χ4n) is 1.51. The molecule has 0 fully saturated rings. The Balaban J connectivity index is 4.31. The minimum atomic E-state index is -0.139. The lowest BCUT2D eigenvalue weighted by molar-refractivity contribution is -0.124. The number of hydrogen-bond donors (Lipinski definition) is 1. The maximum atomic E-state index is 11.3. The van der Waals surface area contributed by atoms with Crippen molar-refractivity contribution >= 4 is 17.5 Å². The molecule has 0 saturated carbocycles. The predicted octanol–water partition coefficient (Wildman–Crippen LogP) is 1.48. The van der Waals surface area contributed by atoms with E-state index in [0.717, 1.165) is 0 Å². The van der Waals surface area contributed by atoms with Gasteiger partial charge in [0.2, 0.25) is 5.91 Å². The van der Waals surface area contributed by atoms with Crippen LogP contribution in [0.5, 0.6) is 0 Å². The van der Waals surface area contributed by atoms with Crippen molar-refractivity contribution in [3.05, 3.63) is 0 Å². The summed E-state index contributed by atoms with van der Waals surface area (Å²) in [7, 11) is 1.56. The maximum absolute atomic E-state index is 11.3. The molecular formula is C12H21NO3. The summed E-state index contributed by atoms with van der Waals surface area (Å²) < 4.78 is 0. The maximum Gasteiger partial charge on any atom is 0.220 e. The minimum Gasteiger partial charge on any atom is -0.359 e. The minimum absolute atomic E-state index is 0.109. The molecule has 0 unspecified atom stereocenters. The molecule has 16 heavy (non-hydrogen) atoms. The molecule has 4 heteroatoms. The van der Waals surface area contributed by atoms with Crippen molar-refractivity contribution in [2.24, 2.45) is 5.92 Å². The number of carbonyl (C=O) groups excluding carboxylic acids is 3. The van der Waals surface area contributed by atoms with Crippen LogP contribution in [0, 0.1) is 5.92 Å². The number of nitrogens with one attached hydrogen (secondary N) is 1. The van der Waals surface area contributed by atoms with Crippen LogP contribution >= 0.6 is 0 Å². The van der Waals surface area contributed by atoms with Crippen molar-refractivity contribution < 1.29 is 14.4 Å². The molecule has 0 heterocycles. The molecule has 1 amide bonds. The standard InChI is InChI=1S/C12H21NO3/c1-4-10(14)6-9(7-11(15)5-2)8-12(16)13-3/h9H,4-8H2,1-3H3,(H,13,16). The van der Waals surface area contributed by atoms with E-state index in [1.165, 1.54) is 0 Å². The van der Waals surface area contributed by atoms with Gasteiger partial charge in [0.15, 0.2) is 0 Å². The average Bonchev–Trinajstić information content (AvgIpc) is 2.28. The smallest absolute Gasteiger partial charge is 0.220 e. The van der Waals surface area contributed by atoms with E-state index in [0.29, 0.717) is 25.7 Å². The molecule has 0 aliphatic rings. The van der Waals surface area contributed by atoms with Gasteiger partial charge in [-0.1, -0.05) is 13.8 Å². The zero-order valence-corrected chi connectivity index (χ0v) is 10.3. The molecule has 0 radical (unpaired) electrons. The molecule has 1 N–H and O–H groups in total. The molecule has 0 aromatic heterocycles. The Kier molecular flexibility index (Phi) is 7.42. The van der Waals surface area contributed by atoms with Crippen LogP contribution in [0.3, 0.4) is 0 Å². The van der Waals surface area contributed by atoms with E-state index < -0.39 is 0 Å². The monoisotopic (exact) mass is 227 g/mol. The second-order valence-electron chi connectivity index (χ2n) is 3.94. The van der Waals surface area contributed by atoms with Crippen LogP contribution in [0.2, 0.25) is 0 Å². The SMILES string of the molecule is CCC(=O)CC(CC(=O)CC)CC(=O)NC. The number of rotatable bonds is 8. The van der Waals surface area contributed by atoms with E-state index in [2.05, 4.69) is 5.32 Å². The third-order valence-corrected chi connectivity index (χ3v) is 2.57. The summed E-state index contributed by atoms with van der Waals surface area (Å²) in [5, 5.41) is 2.52. The lowest BCUT2D eigenvalue weighted by Crippen LogP contribution is -2.24. The van der Waals surface area contributed by atoms with Crippen molar-refractivity contribution in [1.29, 1.82) is 0 Å². The van der Waals surface area contributed by atoms with Crippen LogP contribution in [0.1, 0.15) is 46.0 Å². The Hall–Kier alpha value is -1.19. The van der Waals surface area contributed by atoms with Crippen LogP contribution in [0.25, 0.3) is 0 Å². The molecule has 92 valence electrons. The molecular weight excluding hydrogens is 206 g/mol. The van der Waals surface area contributed by atoms with Gasteiger partial charge >= 0.3 is 0 Å². The lowest BCUT2D eigenvalue weighted by atomic mass is 9.91. The Labute approximate surface area is 96.8 Å². The molecule has 0 atom stereocenters. The fourth-order valence-corrected chi connectivity index (χ4v) is 1.51. The first-order valence-electron chi connectivity index (χ1n) is 5.77. The average molecular weight is 227 g/mol. The molecule has 0 saturated heterocycles. The normalized spacial score (nSPS) is 10.2. The highest BCUT2D eigenvalue weighted by molar-refractivity contribution is 5.83. The van der Waals surface area contributed by atoms with Gasteiger partial charge in [-0.2, -0.15) is 0 Å². The Morgan fingerprint density at radius 1 is 0.938 bits per heavy atom. The van der Waals surface area contributed by atoms with Gasteiger partial charge in [-0.15, -0.1) is 0 Å². The quantitative estimate of drug-likeness (QED) is 0.683. The van der Waals surface area contributed by atoms with Gasteiger partial charge in [-0.25, -0.2) is 0 Å². The van der Waals surface area contributed by atoms with Crippen LogP contribution in [0.4, 0.5) is 0 Å². The summed E-state index contributed by atoms with van der Waals surface area (Å²) in [6.45, 7) is 3.59. The highest BCUT2D eigenvalue weighted by Crippen LogP contribution is 2.16. The van der Waals surface area contributed by atoms with Crippen LogP contribution in [0.15, 0.2) is 0 Å². The summed E-state index contributed by atoms with van der Waals surface area (Å²) in [4.78, 5) is 33.9. The summed E-state index contributed by atoms with van der Waals surface area (Å²) >= 11 is 0. The van der Waals surface area contributed by atoms with Crippen LogP contribution in [-0.2, 0) is 14.4 Å². The summed E-state index contributed by atoms with van der Waals surface area (Å²) in [5.74, 6) is -0.0340. The van der Waals surface area contributed by atoms with E-state index in [9.17, 15) is 14.4 Å². The second-order valence-corrected chi connectivity index (χ2v) is 3.94. The van der Waals surface area contributed by atoms with Crippen molar-refractivity contribution in [2.75, 3.05) is 7.05 Å². The summed E-state index contributed by atoms with van der Waals surface area (Å²) in [5.41, 5.74) is 0. The van der Waals surface area contributed by atoms with Gasteiger partial charge in [0, 0.05) is 39.2 Å². The number of carbonyl (C=O) groups is 3. The molecule has 0 rings (SSSR count). The van der Waals surface area contributed by atoms with Gasteiger partial charge in [0.05, 0.1) is 0 Å². The lowest BCUT2D eigenvalue weighted by Gasteiger charge is -2.13.